The monoisotopic (exact) mass is 270 g/mol. The summed E-state index contributed by atoms with van der Waals surface area (Å²) in [5.74, 6) is 0.735. The van der Waals surface area contributed by atoms with Crippen molar-refractivity contribution in [3.63, 3.8) is 0 Å². The first-order valence-electron chi connectivity index (χ1n) is 5.56. The van der Waals surface area contributed by atoms with E-state index in [2.05, 4.69) is 13.8 Å². The van der Waals surface area contributed by atoms with Crippen LogP contribution in [0.4, 0.5) is 0 Å². The van der Waals surface area contributed by atoms with E-state index in [-0.39, 0.29) is 24.2 Å². The van der Waals surface area contributed by atoms with Crippen LogP contribution in [0.3, 0.4) is 0 Å². The molecule has 0 saturated heterocycles. The topological polar surface area (TPSA) is 79.3 Å². The Morgan fingerprint density at radius 3 is 2.50 bits per heavy atom. The summed E-state index contributed by atoms with van der Waals surface area (Å²) >= 11 is 0. The Morgan fingerprint density at radius 2 is 2.06 bits per heavy atom. The Hall–Kier alpha value is -1.44. The van der Waals surface area contributed by atoms with E-state index in [1.54, 1.807) is 6.07 Å². The summed E-state index contributed by atoms with van der Waals surface area (Å²) in [5, 5.41) is 18.9. The Labute approximate surface area is 114 Å². The quantitative estimate of drug-likeness (QED) is 0.882. The van der Waals surface area contributed by atoms with Crippen molar-refractivity contribution in [1.29, 1.82) is 5.26 Å². The van der Waals surface area contributed by atoms with E-state index in [4.69, 9.17) is 15.7 Å². The normalized spacial score (nSPS) is 11.6. The van der Waals surface area contributed by atoms with Crippen molar-refractivity contribution >= 4 is 12.4 Å². The second-order valence-corrected chi connectivity index (χ2v) is 4.46. The zero-order valence-corrected chi connectivity index (χ0v) is 11.6. The lowest BCUT2D eigenvalue weighted by Gasteiger charge is -2.17. The SMILES string of the molecule is COc1cc(C#N)cc([C@@H](N)CC(C)C)c1O.Cl. The number of nitriles is 1. The summed E-state index contributed by atoms with van der Waals surface area (Å²) in [4.78, 5) is 0. The van der Waals surface area contributed by atoms with Crippen LogP contribution >= 0.6 is 12.4 Å². The average molecular weight is 271 g/mol. The van der Waals surface area contributed by atoms with Gasteiger partial charge >= 0.3 is 0 Å². The first-order valence-corrected chi connectivity index (χ1v) is 5.56. The Kier molecular flexibility index (Phi) is 6.53. The number of aromatic hydroxyl groups is 1. The lowest BCUT2D eigenvalue weighted by Crippen LogP contribution is -2.13. The van der Waals surface area contributed by atoms with Gasteiger partial charge in [0.1, 0.15) is 0 Å². The molecular weight excluding hydrogens is 252 g/mol. The molecule has 0 amide bonds. The number of phenols is 1. The van der Waals surface area contributed by atoms with Crippen LogP contribution in [0.25, 0.3) is 0 Å². The fourth-order valence-electron chi connectivity index (χ4n) is 1.77. The first-order chi connectivity index (χ1) is 7.99. The molecule has 0 radical (unpaired) electrons. The van der Waals surface area contributed by atoms with Gasteiger partial charge in [0.2, 0.25) is 0 Å². The molecule has 3 N–H and O–H groups in total. The largest absolute Gasteiger partial charge is 0.504 e. The lowest BCUT2D eigenvalue weighted by molar-refractivity contribution is 0.366. The summed E-state index contributed by atoms with van der Waals surface area (Å²) in [5.41, 5.74) is 7.02. The fourth-order valence-corrected chi connectivity index (χ4v) is 1.77. The molecule has 18 heavy (non-hydrogen) atoms. The van der Waals surface area contributed by atoms with Gasteiger partial charge in [0.25, 0.3) is 0 Å². The summed E-state index contributed by atoms with van der Waals surface area (Å²) in [6, 6.07) is 4.85. The summed E-state index contributed by atoms with van der Waals surface area (Å²) in [7, 11) is 1.45. The summed E-state index contributed by atoms with van der Waals surface area (Å²) < 4.78 is 5.03. The molecule has 1 aromatic carbocycles. The van der Waals surface area contributed by atoms with Crippen LogP contribution in [-0.2, 0) is 0 Å². The number of ether oxygens (including phenoxy) is 1. The highest BCUT2D eigenvalue weighted by Crippen LogP contribution is 2.36. The van der Waals surface area contributed by atoms with Gasteiger partial charge in [-0.15, -0.1) is 12.4 Å². The van der Waals surface area contributed by atoms with Gasteiger partial charge < -0.3 is 15.6 Å². The minimum Gasteiger partial charge on any atom is -0.504 e. The van der Waals surface area contributed by atoms with Crippen LogP contribution in [0.5, 0.6) is 11.5 Å². The molecule has 0 saturated carbocycles. The molecular formula is C13H19ClN2O2. The van der Waals surface area contributed by atoms with Crippen LogP contribution in [-0.4, -0.2) is 12.2 Å². The van der Waals surface area contributed by atoms with Gasteiger partial charge in [-0.1, -0.05) is 13.8 Å². The minimum absolute atomic E-state index is 0. The number of methoxy groups -OCH3 is 1. The van der Waals surface area contributed by atoms with Crippen molar-refractivity contribution in [2.24, 2.45) is 11.7 Å². The number of rotatable bonds is 4. The molecule has 0 aliphatic carbocycles. The van der Waals surface area contributed by atoms with Crippen molar-refractivity contribution in [2.75, 3.05) is 7.11 Å². The molecule has 0 aliphatic heterocycles. The number of hydrogen-bond donors (Lipinski definition) is 2. The predicted octanol–water partition coefficient (Wildman–Crippen LogP) is 2.74. The van der Waals surface area contributed by atoms with E-state index in [9.17, 15) is 5.11 Å². The van der Waals surface area contributed by atoms with E-state index in [0.29, 0.717) is 22.8 Å². The number of phenolic OH excluding ortho intramolecular Hbond substituents is 1. The lowest BCUT2D eigenvalue weighted by atomic mass is 9.95. The average Bonchev–Trinajstić information content (AvgIpc) is 2.28. The summed E-state index contributed by atoms with van der Waals surface area (Å²) in [6.07, 6.45) is 0.742. The number of benzene rings is 1. The highest BCUT2D eigenvalue weighted by Gasteiger charge is 2.17. The van der Waals surface area contributed by atoms with E-state index in [0.717, 1.165) is 6.42 Å². The van der Waals surface area contributed by atoms with Gasteiger partial charge in [0.15, 0.2) is 11.5 Å². The van der Waals surface area contributed by atoms with Gasteiger partial charge in [-0.3, -0.25) is 0 Å². The Morgan fingerprint density at radius 1 is 1.44 bits per heavy atom. The van der Waals surface area contributed by atoms with E-state index >= 15 is 0 Å². The molecule has 4 nitrogen and oxygen atoms in total. The number of hydrogen-bond acceptors (Lipinski definition) is 4. The molecule has 1 atom stereocenters. The zero-order valence-electron chi connectivity index (χ0n) is 10.8. The number of nitrogens with two attached hydrogens (primary N) is 1. The predicted molar refractivity (Wildman–Crippen MR) is 73.0 cm³/mol. The molecule has 100 valence electrons. The molecule has 0 bridgehead atoms. The molecule has 0 aliphatic rings. The van der Waals surface area contributed by atoms with Crippen LogP contribution in [0.1, 0.15) is 37.4 Å². The smallest absolute Gasteiger partial charge is 0.162 e. The third-order valence-electron chi connectivity index (χ3n) is 2.58. The molecule has 0 aromatic heterocycles. The van der Waals surface area contributed by atoms with Crippen LogP contribution < -0.4 is 10.5 Å². The highest BCUT2D eigenvalue weighted by atomic mass is 35.5. The van der Waals surface area contributed by atoms with Crippen molar-refractivity contribution in [3.8, 4) is 17.6 Å². The standard InChI is InChI=1S/C13H18N2O2.ClH/c1-8(2)4-11(15)10-5-9(7-14)6-12(17-3)13(10)16;/h5-6,8,11,16H,4,15H2,1-3H3;1H/t11-;/m0./s1. The van der Waals surface area contributed by atoms with Crippen molar-refractivity contribution in [2.45, 2.75) is 26.3 Å². The van der Waals surface area contributed by atoms with Gasteiger partial charge in [-0.25, -0.2) is 0 Å². The molecule has 0 heterocycles. The van der Waals surface area contributed by atoms with Crippen LogP contribution in [0.2, 0.25) is 0 Å². The van der Waals surface area contributed by atoms with E-state index < -0.39 is 0 Å². The maximum Gasteiger partial charge on any atom is 0.162 e. The third kappa shape index (κ3) is 3.80. The van der Waals surface area contributed by atoms with Gasteiger partial charge in [-0.2, -0.15) is 5.26 Å². The van der Waals surface area contributed by atoms with Crippen molar-refractivity contribution < 1.29 is 9.84 Å². The first kappa shape index (κ1) is 16.6. The highest BCUT2D eigenvalue weighted by molar-refractivity contribution is 5.85. The van der Waals surface area contributed by atoms with Gasteiger partial charge in [0, 0.05) is 17.7 Å². The van der Waals surface area contributed by atoms with E-state index in [1.165, 1.54) is 13.2 Å². The van der Waals surface area contributed by atoms with Crippen molar-refractivity contribution in [3.05, 3.63) is 23.3 Å². The fraction of sp³-hybridized carbons (Fsp3) is 0.462. The maximum absolute atomic E-state index is 9.98. The second-order valence-electron chi connectivity index (χ2n) is 4.46. The molecule has 0 spiro atoms. The summed E-state index contributed by atoms with van der Waals surface area (Å²) in [6.45, 7) is 4.12. The second kappa shape index (κ2) is 7.10. The maximum atomic E-state index is 9.98. The molecule has 1 aromatic rings. The van der Waals surface area contributed by atoms with Crippen molar-refractivity contribution in [1.82, 2.24) is 0 Å². The Bertz CT molecular complexity index is 441. The zero-order chi connectivity index (χ0) is 13.0. The Balaban J connectivity index is 0.00000289. The molecule has 0 fully saturated rings. The van der Waals surface area contributed by atoms with Crippen LogP contribution in [0.15, 0.2) is 12.1 Å². The number of halogens is 1. The van der Waals surface area contributed by atoms with Gasteiger partial charge in [0.05, 0.1) is 18.7 Å². The van der Waals surface area contributed by atoms with Gasteiger partial charge in [-0.05, 0) is 18.4 Å². The van der Waals surface area contributed by atoms with Crippen LogP contribution in [0, 0.1) is 17.2 Å². The van der Waals surface area contributed by atoms with E-state index in [1.807, 2.05) is 6.07 Å². The molecule has 1 rings (SSSR count). The minimum atomic E-state index is -0.294. The number of nitrogens with zero attached hydrogens (tertiary/aromatic N) is 1. The molecule has 5 heteroatoms. The third-order valence-corrected chi connectivity index (χ3v) is 2.58. The molecule has 0 unspecified atom stereocenters.